The predicted molar refractivity (Wildman–Crippen MR) is 369 cm³/mol. The second-order valence-electron chi connectivity index (χ2n) is 26.4. The third-order valence-corrected chi connectivity index (χ3v) is 18.2. The molecule has 14 nitrogen and oxygen atoms in total. The lowest BCUT2D eigenvalue weighted by Gasteiger charge is -2.46. The maximum Gasteiger partial charge on any atom is 0.220 e. The molecule has 2 aliphatic heterocycles. The summed E-state index contributed by atoms with van der Waals surface area (Å²) in [5.74, 6) is -0.251. The van der Waals surface area contributed by atoms with Crippen LogP contribution >= 0.6 is 0 Å². The van der Waals surface area contributed by atoms with Gasteiger partial charge in [0.2, 0.25) is 5.91 Å². The number of aliphatic hydroxyl groups is 8. The lowest BCUT2D eigenvalue weighted by atomic mass is 9.97. The topological polar surface area (TPSA) is 228 Å². The molecule has 0 saturated carbocycles. The minimum absolute atomic E-state index is 0.251. The van der Waals surface area contributed by atoms with Crippen LogP contribution < -0.4 is 5.32 Å². The lowest BCUT2D eigenvalue weighted by Crippen LogP contribution is -2.65. The minimum Gasteiger partial charge on any atom is -0.394 e. The van der Waals surface area contributed by atoms with E-state index < -0.39 is 86.8 Å². The van der Waals surface area contributed by atoms with Crippen molar-refractivity contribution in [3.8, 4) is 0 Å². The van der Waals surface area contributed by atoms with Crippen LogP contribution in [0.4, 0.5) is 0 Å². The summed E-state index contributed by atoms with van der Waals surface area (Å²) in [5, 5.41) is 87.5. The van der Waals surface area contributed by atoms with Gasteiger partial charge in [0.05, 0.1) is 32.0 Å². The molecule has 2 heterocycles. The number of carbonyl (C=O) groups excluding carboxylic acids is 1. The molecule has 2 rings (SSSR count). The van der Waals surface area contributed by atoms with E-state index in [-0.39, 0.29) is 18.9 Å². The van der Waals surface area contributed by atoms with Crippen LogP contribution in [0.25, 0.3) is 0 Å². The van der Waals surface area contributed by atoms with Crippen LogP contribution in [0.15, 0.2) is 60.8 Å². The molecule has 0 aromatic rings. The van der Waals surface area contributed by atoms with Gasteiger partial charge in [-0.15, -0.1) is 0 Å². The number of nitrogens with one attached hydrogen (secondary N) is 1. The molecular weight excluding hydrogens is 1130 g/mol. The Hall–Kier alpha value is -2.31. The molecule has 12 unspecified atom stereocenters. The Kier molecular flexibility index (Phi) is 56.2. The van der Waals surface area contributed by atoms with Crippen LogP contribution in [-0.4, -0.2) is 140 Å². The second kappa shape index (κ2) is 60.4. The van der Waals surface area contributed by atoms with Gasteiger partial charge < -0.3 is 65.1 Å². The fraction of sp³-hybridized carbons (Fsp3) is 0.855. The predicted octanol–water partition coefficient (Wildman–Crippen LogP) is 16.0. The number of unbranched alkanes of at least 4 members (excludes halogenated alkanes) is 41. The van der Waals surface area contributed by atoms with Gasteiger partial charge in [-0.05, 0) is 70.6 Å². The molecule has 9 N–H and O–H groups in total. The Bertz CT molecular complexity index is 1740. The van der Waals surface area contributed by atoms with Crippen LogP contribution in [0.1, 0.15) is 322 Å². The maximum absolute atomic E-state index is 13.3. The second-order valence-corrected chi connectivity index (χ2v) is 26.4. The van der Waals surface area contributed by atoms with Crippen molar-refractivity contribution >= 4 is 5.91 Å². The first-order valence-corrected chi connectivity index (χ1v) is 37.5. The Balaban J connectivity index is 1.67. The van der Waals surface area contributed by atoms with Crippen LogP contribution in [0, 0.1) is 0 Å². The Morgan fingerprint density at radius 2 is 0.744 bits per heavy atom. The summed E-state index contributed by atoms with van der Waals surface area (Å²) < 4.78 is 22.9. The van der Waals surface area contributed by atoms with Crippen molar-refractivity contribution in [2.75, 3.05) is 19.8 Å². The van der Waals surface area contributed by atoms with E-state index in [1.165, 1.54) is 238 Å². The zero-order valence-corrected chi connectivity index (χ0v) is 57.4. The Labute approximate surface area is 549 Å². The van der Waals surface area contributed by atoms with Gasteiger partial charge in [-0.2, -0.15) is 0 Å². The third-order valence-electron chi connectivity index (χ3n) is 18.2. The number of allylic oxidation sites excluding steroid dienone is 9. The number of hydrogen-bond acceptors (Lipinski definition) is 13. The molecule has 0 radical (unpaired) electrons. The van der Waals surface area contributed by atoms with Gasteiger partial charge in [-0.1, -0.05) is 306 Å². The summed E-state index contributed by atoms with van der Waals surface area (Å²) in [7, 11) is 0. The first-order valence-electron chi connectivity index (χ1n) is 37.5. The van der Waals surface area contributed by atoms with Gasteiger partial charge in [0.25, 0.3) is 0 Å². The standard InChI is InChI=1S/C76H139NO13/c1-3-5-7-9-11-13-15-17-19-21-23-25-27-29-30-31-32-33-34-36-37-39-41-43-45-47-49-51-53-55-57-59-65(80)64(63-87-75-73(86)71(84)74(67(62-79)89-75)90-76-72(85)70(83)69(82)66(61-78)88-76)77-68(81)60-58-56-54-52-50-48-46-44-42-40-38-35-28-26-24-22-20-18-16-14-12-10-8-6-4-2/h16,18,22,24,28,35,49,51,57,59,64-67,69-76,78-80,82-86H,3-15,17,19-21,23,25-27,29-34,36-48,50,52-56,58,60-63H2,1-2H3,(H,77,81)/b18-16-,24-22-,35-28-,51-49+,59-57+. The van der Waals surface area contributed by atoms with Crippen molar-refractivity contribution in [2.24, 2.45) is 0 Å². The Morgan fingerprint density at radius 1 is 0.400 bits per heavy atom. The van der Waals surface area contributed by atoms with Crippen molar-refractivity contribution in [1.29, 1.82) is 0 Å². The summed E-state index contributed by atoms with van der Waals surface area (Å²) in [6.07, 6.45) is 64.3. The lowest BCUT2D eigenvalue weighted by molar-refractivity contribution is -0.359. The van der Waals surface area contributed by atoms with E-state index in [1.54, 1.807) is 6.08 Å². The summed E-state index contributed by atoms with van der Waals surface area (Å²) in [5.41, 5.74) is 0. The first kappa shape index (κ1) is 83.8. The quantitative estimate of drug-likeness (QED) is 0.0204. The monoisotopic (exact) mass is 1270 g/mol. The number of hydrogen-bond donors (Lipinski definition) is 9. The molecule has 2 aliphatic rings. The molecule has 0 bridgehead atoms. The molecule has 0 aromatic carbocycles. The maximum atomic E-state index is 13.3. The van der Waals surface area contributed by atoms with E-state index in [2.05, 4.69) is 67.8 Å². The fourth-order valence-electron chi connectivity index (χ4n) is 12.2. The SMILES string of the molecule is CCCCCCC/C=C\C/C=C\C/C=C\CCCCCCCCCCCCC(=O)NC(COC1OC(CO)C(OC2OC(CO)C(O)C(O)C2O)C(O)C1O)C(O)/C=C/CC/C=C/CCCCCCCCCCCCCCCCCCCCCCCCCCC. The summed E-state index contributed by atoms with van der Waals surface area (Å²) in [4.78, 5) is 13.3. The molecule has 2 fully saturated rings. The molecule has 2 saturated heterocycles. The van der Waals surface area contributed by atoms with Crippen molar-refractivity contribution in [3.63, 3.8) is 0 Å². The van der Waals surface area contributed by atoms with Crippen LogP contribution in [0.3, 0.4) is 0 Å². The Morgan fingerprint density at radius 3 is 1.17 bits per heavy atom. The van der Waals surface area contributed by atoms with E-state index in [4.69, 9.17) is 18.9 Å². The van der Waals surface area contributed by atoms with Gasteiger partial charge in [-0.25, -0.2) is 0 Å². The van der Waals surface area contributed by atoms with Crippen LogP contribution in [-0.2, 0) is 23.7 Å². The third kappa shape index (κ3) is 43.6. The summed E-state index contributed by atoms with van der Waals surface area (Å²) in [6.45, 7) is 2.81. The molecule has 90 heavy (non-hydrogen) atoms. The molecule has 12 atom stereocenters. The smallest absolute Gasteiger partial charge is 0.220 e. The molecular formula is C76H139NO13. The number of amides is 1. The van der Waals surface area contributed by atoms with E-state index >= 15 is 0 Å². The summed E-state index contributed by atoms with van der Waals surface area (Å²) in [6, 6.07) is -0.938. The number of ether oxygens (including phenoxy) is 4. The highest BCUT2D eigenvalue weighted by atomic mass is 16.7. The number of carbonyl (C=O) groups is 1. The first-order chi connectivity index (χ1) is 44.1. The summed E-state index contributed by atoms with van der Waals surface area (Å²) >= 11 is 0. The molecule has 526 valence electrons. The van der Waals surface area contributed by atoms with Gasteiger partial charge in [0.1, 0.15) is 48.8 Å². The van der Waals surface area contributed by atoms with Crippen molar-refractivity contribution < 1.29 is 64.6 Å². The van der Waals surface area contributed by atoms with Crippen LogP contribution in [0.2, 0.25) is 0 Å². The average molecular weight is 1270 g/mol. The molecule has 0 aromatic heterocycles. The number of rotatable bonds is 62. The highest BCUT2D eigenvalue weighted by Crippen LogP contribution is 2.30. The highest BCUT2D eigenvalue weighted by Gasteiger charge is 2.51. The van der Waals surface area contributed by atoms with E-state index in [0.717, 1.165) is 51.4 Å². The van der Waals surface area contributed by atoms with Gasteiger partial charge >= 0.3 is 0 Å². The largest absolute Gasteiger partial charge is 0.394 e. The molecule has 0 spiro atoms. The van der Waals surface area contributed by atoms with Gasteiger partial charge in [0.15, 0.2) is 12.6 Å². The van der Waals surface area contributed by atoms with Gasteiger partial charge in [0, 0.05) is 6.42 Å². The average Bonchev–Trinajstić information content (AvgIpc) is 1.41. The zero-order valence-electron chi connectivity index (χ0n) is 57.4. The number of aliphatic hydroxyl groups excluding tert-OH is 8. The highest BCUT2D eigenvalue weighted by molar-refractivity contribution is 5.76. The van der Waals surface area contributed by atoms with Crippen molar-refractivity contribution in [2.45, 2.75) is 396 Å². The minimum atomic E-state index is -1.79. The van der Waals surface area contributed by atoms with E-state index in [9.17, 15) is 45.6 Å². The van der Waals surface area contributed by atoms with E-state index in [0.29, 0.717) is 12.8 Å². The molecule has 14 heteroatoms. The molecule has 0 aliphatic carbocycles. The van der Waals surface area contributed by atoms with E-state index in [1.807, 2.05) is 6.08 Å². The zero-order chi connectivity index (χ0) is 65.2. The van der Waals surface area contributed by atoms with Crippen molar-refractivity contribution in [3.05, 3.63) is 60.8 Å². The van der Waals surface area contributed by atoms with Crippen LogP contribution in [0.5, 0.6) is 0 Å². The fourth-order valence-corrected chi connectivity index (χ4v) is 12.2. The molecule has 1 amide bonds. The van der Waals surface area contributed by atoms with Gasteiger partial charge in [-0.3, -0.25) is 4.79 Å². The van der Waals surface area contributed by atoms with Crippen molar-refractivity contribution in [1.82, 2.24) is 5.32 Å². The normalized spacial score (nSPS) is 23.2.